The van der Waals surface area contributed by atoms with E-state index in [0.717, 1.165) is 40.8 Å². The van der Waals surface area contributed by atoms with Crippen molar-refractivity contribution in [3.63, 3.8) is 0 Å². The Bertz CT molecular complexity index is 1400. The summed E-state index contributed by atoms with van der Waals surface area (Å²) >= 11 is 0. The topological polar surface area (TPSA) is 120 Å². The van der Waals surface area contributed by atoms with Crippen LogP contribution in [0.1, 0.15) is 40.0 Å². The highest BCUT2D eigenvalue weighted by Gasteiger charge is 2.18. The van der Waals surface area contributed by atoms with Crippen LogP contribution in [0.3, 0.4) is 0 Å². The molecule has 0 radical (unpaired) electrons. The molecule has 1 amide bonds. The quantitative estimate of drug-likeness (QED) is 0.359. The third-order valence-electron chi connectivity index (χ3n) is 6.54. The first-order valence-electron chi connectivity index (χ1n) is 12.3. The molecule has 37 heavy (non-hydrogen) atoms. The van der Waals surface area contributed by atoms with E-state index in [2.05, 4.69) is 37.4 Å². The Hall–Kier alpha value is -4.18. The van der Waals surface area contributed by atoms with E-state index in [-0.39, 0.29) is 12.5 Å². The standard InChI is InChI=1S/C27H31N7O3/c1-36-17-22-21(16-34(32-22)15-18-5-6-24(30-13-18)33-9-3-4-10-33)27(35)31-14-19-11-20-7-8-29-26(28)25(20)23(12-19)37-2/h5-8,11-13,16H,3-4,9-10,14-15,17H2,1-2H3,(H2,28,29)(H,31,35). The highest BCUT2D eigenvalue weighted by molar-refractivity contribution is 5.97. The lowest BCUT2D eigenvalue weighted by Gasteiger charge is -2.16. The van der Waals surface area contributed by atoms with Crippen LogP contribution in [-0.4, -0.2) is 53.0 Å². The Morgan fingerprint density at radius 2 is 1.95 bits per heavy atom. The Balaban J connectivity index is 1.30. The van der Waals surface area contributed by atoms with Gasteiger partial charge in [0.15, 0.2) is 0 Å². The van der Waals surface area contributed by atoms with Gasteiger partial charge in [0.05, 0.1) is 31.2 Å². The fourth-order valence-corrected chi connectivity index (χ4v) is 4.71. The largest absolute Gasteiger partial charge is 0.496 e. The Morgan fingerprint density at radius 3 is 2.68 bits per heavy atom. The minimum absolute atomic E-state index is 0.228. The zero-order chi connectivity index (χ0) is 25.8. The minimum Gasteiger partial charge on any atom is -0.496 e. The predicted molar refractivity (Wildman–Crippen MR) is 142 cm³/mol. The number of ether oxygens (including phenoxy) is 2. The van der Waals surface area contributed by atoms with Crippen LogP contribution in [0.15, 0.2) is 48.9 Å². The second-order valence-corrected chi connectivity index (χ2v) is 9.11. The number of nitrogens with zero attached hydrogens (tertiary/aromatic N) is 5. The van der Waals surface area contributed by atoms with Crippen molar-refractivity contribution in [3.05, 3.63) is 71.3 Å². The molecule has 4 heterocycles. The van der Waals surface area contributed by atoms with Gasteiger partial charge in [-0.15, -0.1) is 0 Å². The first-order valence-corrected chi connectivity index (χ1v) is 12.3. The molecule has 0 aliphatic carbocycles. The van der Waals surface area contributed by atoms with Crippen molar-refractivity contribution in [2.75, 3.05) is 37.9 Å². The van der Waals surface area contributed by atoms with Gasteiger partial charge in [-0.1, -0.05) is 6.07 Å². The van der Waals surface area contributed by atoms with E-state index in [4.69, 9.17) is 15.2 Å². The Kier molecular flexibility index (Phi) is 7.18. The van der Waals surface area contributed by atoms with Crippen LogP contribution in [0.4, 0.5) is 11.6 Å². The van der Waals surface area contributed by atoms with Gasteiger partial charge in [-0.05, 0) is 53.6 Å². The molecule has 1 aliphatic rings. The van der Waals surface area contributed by atoms with Crippen molar-refractivity contribution in [2.45, 2.75) is 32.5 Å². The SMILES string of the molecule is COCc1nn(Cc2ccc(N3CCCC3)nc2)cc1C(=O)NCc1cc(OC)c2c(N)nccc2c1. The van der Waals surface area contributed by atoms with Gasteiger partial charge in [-0.2, -0.15) is 5.10 Å². The lowest BCUT2D eigenvalue weighted by molar-refractivity contribution is 0.0946. The van der Waals surface area contributed by atoms with E-state index in [1.54, 1.807) is 31.3 Å². The predicted octanol–water partition coefficient (Wildman–Crippen LogP) is 3.14. The molecule has 1 saturated heterocycles. The molecule has 3 aromatic heterocycles. The van der Waals surface area contributed by atoms with Crippen molar-refractivity contribution in [1.82, 2.24) is 25.1 Å². The number of nitrogens with two attached hydrogens (primary N) is 1. The van der Waals surface area contributed by atoms with Crippen molar-refractivity contribution in [2.24, 2.45) is 0 Å². The third-order valence-corrected chi connectivity index (χ3v) is 6.54. The fraction of sp³-hybridized carbons (Fsp3) is 0.333. The molecule has 0 saturated carbocycles. The molecule has 1 fully saturated rings. The molecule has 4 aromatic rings. The second-order valence-electron chi connectivity index (χ2n) is 9.11. The fourth-order valence-electron chi connectivity index (χ4n) is 4.71. The number of amides is 1. The number of carbonyl (C=O) groups is 1. The number of hydrogen-bond donors (Lipinski definition) is 2. The zero-order valence-corrected chi connectivity index (χ0v) is 21.1. The molecule has 1 aliphatic heterocycles. The first-order chi connectivity index (χ1) is 18.1. The van der Waals surface area contributed by atoms with Gasteiger partial charge in [-0.25, -0.2) is 9.97 Å². The van der Waals surface area contributed by atoms with E-state index in [1.807, 2.05) is 24.4 Å². The maximum absolute atomic E-state index is 13.1. The highest BCUT2D eigenvalue weighted by atomic mass is 16.5. The summed E-state index contributed by atoms with van der Waals surface area (Å²) < 4.78 is 12.6. The molecule has 192 valence electrons. The number of hydrogen-bond acceptors (Lipinski definition) is 8. The molecular formula is C27H31N7O3. The first kappa shape index (κ1) is 24.5. The number of benzene rings is 1. The van der Waals surface area contributed by atoms with Crippen LogP contribution in [0.5, 0.6) is 5.75 Å². The number of aromatic nitrogens is 4. The van der Waals surface area contributed by atoms with Crippen LogP contribution in [0.25, 0.3) is 10.8 Å². The number of nitrogens with one attached hydrogen (secondary N) is 1. The molecule has 0 bridgehead atoms. The van der Waals surface area contributed by atoms with Crippen LogP contribution in [0.2, 0.25) is 0 Å². The van der Waals surface area contributed by atoms with Crippen molar-refractivity contribution >= 4 is 28.3 Å². The van der Waals surface area contributed by atoms with Crippen LogP contribution < -0.4 is 20.7 Å². The lowest BCUT2D eigenvalue weighted by Crippen LogP contribution is -2.23. The number of nitrogen functional groups attached to an aromatic ring is 1. The number of fused-ring (bicyclic) bond motifs is 1. The van der Waals surface area contributed by atoms with Gasteiger partial charge < -0.3 is 25.4 Å². The molecule has 3 N–H and O–H groups in total. The maximum Gasteiger partial charge on any atom is 0.255 e. The average Bonchev–Trinajstić information content (AvgIpc) is 3.58. The summed E-state index contributed by atoms with van der Waals surface area (Å²) in [7, 11) is 3.17. The smallest absolute Gasteiger partial charge is 0.255 e. The molecular weight excluding hydrogens is 470 g/mol. The summed E-state index contributed by atoms with van der Waals surface area (Å²) in [5, 5.41) is 9.25. The molecule has 1 aromatic carbocycles. The van der Waals surface area contributed by atoms with Gasteiger partial charge >= 0.3 is 0 Å². The van der Waals surface area contributed by atoms with E-state index in [0.29, 0.717) is 35.9 Å². The molecule has 10 heteroatoms. The van der Waals surface area contributed by atoms with Crippen molar-refractivity contribution in [1.29, 1.82) is 0 Å². The monoisotopic (exact) mass is 501 g/mol. The summed E-state index contributed by atoms with van der Waals surface area (Å²) in [6.07, 6.45) is 7.71. The van der Waals surface area contributed by atoms with Crippen molar-refractivity contribution < 1.29 is 14.3 Å². The second kappa shape index (κ2) is 10.8. The number of methoxy groups -OCH3 is 2. The molecule has 5 rings (SSSR count). The molecule has 0 atom stereocenters. The Morgan fingerprint density at radius 1 is 1.11 bits per heavy atom. The number of rotatable bonds is 9. The molecule has 10 nitrogen and oxygen atoms in total. The lowest BCUT2D eigenvalue weighted by atomic mass is 10.1. The van der Waals surface area contributed by atoms with Crippen molar-refractivity contribution in [3.8, 4) is 5.75 Å². The molecule has 0 unspecified atom stereocenters. The van der Waals surface area contributed by atoms with Gasteiger partial charge in [0.25, 0.3) is 5.91 Å². The number of pyridine rings is 2. The van der Waals surface area contributed by atoms with Gasteiger partial charge in [0.2, 0.25) is 0 Å². The number of anilines is 2. The minimum atomic E-state index is -0.228. The van der Waals surface area contributed by atoms with Crippen LogP contribution in [-0.2, 0) is 24.4 Å². The summed E-state index contributed by atoms with van der Waals surface area (Å²) in [5.74, 6) is 1.80. The summed E-state index contributed by atoms with van der Waals surface area (Å²) in [6.45, 7) is 3.17. The van der Waals surface area contributed by atoms with E-state index < -0.39 is 0 Å². The summed E-state index contributed by atoms with van der Waals surface area (Å²) in [5.41, 5.74) is 8.98. The maximum atomic E-state index is 13.1. The van der Waals surface area contributed by atoms with E-state index >= 15 is 0 Å². The normalized spacial score (nSPS) is 13.3. The molecule has 0 spiro atoms. The number of carbonyl (C=O) groups excluding carboxylic acids is 1. The van der Waals surface area contributed by atoms with Crippen LogP contribution >= 0.6 is 0 Å². The van der Waals surface area contributed by atoms with Gasteiger partial charge in [0.1, 0.15) is 23.1 Å². The van der Waals surface area contributed by atoms with E-state index in [1.165, 1.54) is 12.8 Å². The average molecular weight is 502 g/mol. The van der Waals surface area contributed by atoms with Crippen LogP contribution in [0, 0.1) is 0 Å². The van der Waals surface area contributed by atoms with Gasteiger partial charge in [0, 0.05) is 45.3 Å². The Labute approximate surface area is 215 Å². The highest BCUT2D eigenvalue weighted by Crippen LogP contribution is 2.31. The van der Waals surface area contributed by atoms with Gasteiger partial charge in [-0.3, -0.25) is 9.48 Å². The zero-order valence-electron chi connectivity index (χ0n) is 21.1. The van der Waals surface area contributed by atoms with E-state index in [9.17, 15) is 4.79 Å². The third kappa shape index (κ3) is 5.34. The summed E-state index contributed by atoms with van der Waals surface area (Å²) in [4.78, 5) is 24.2. The summed E-state index contributed by atoms with van der Waals surface area (Å²) in [6, 6.07) is 9.81.